The van der Waals surface area contributed by atoms with E-state index in [-0.39, 0.29) is 16.9 Å². The third-order valence-electron chi connectivity index (χ3n) is 3.55. The Hall–Kier alpha value is -2.67. The van der Waals surface area contributed by atoms with E-state index in [1.807, 2.05) is 56.3 Å². The van der Waals surface area contributed by atoms with Crippen LogP contribution in [0.2, 0.25) is 0 Å². The van der Waals surface area contributed by atoms with Crippen LogP contribution in [0.1, 0.15) is 27.2 Å². The van der Waals surface area contributed by atoms with Gasteiger partial charge in [-0.05, 0) is 48.0 Å². The Balaban J connectivity index is 1.83. The van der Waals surface area contributed by atoms with Crippen LogP contribution < -0.4 is 20.9 Å². The van der Waals surface area contributed by atoms with E-state index >= 15 is 0 Å². The highest BCUT2D eigenvalue weighted by atomic mass is 32.1. The summed E-state index contributed by atoms with van der Waals surface area (Å²) in [7, 11) is 0. The lowest BCUT2D eigenvalue weighted by Crippen LogP contribution is -2.51. The van der Waals surface area contributed by atoms with Gasteiger partial charge in [0, 0.05) is 6.42 Å². The van der Waals surface area contributed by atoms with E-state index in [1.54, 1.807) is 6.92 Å². The van der Waals surface area contributed by atoms with Crippen molar-refractivity contribution in [2.75, 3.05) is 0 Å². The molecule has 0 saturated carbocycles. The first-order valence-corrected chi connectivity index (χ1v) is 8.81. The van der Waals surface area contributed by atoms with Gasteiger partial charge < -0.3 is 10.1 Å². The number of thiocarbonyl (C=S) groups is 1. The normalized spacial score (nSPS) is 11.7. The number of amides is 2. The van der Waals surface area contributed by atoms with E-state index in [2.05, 4.69) is 16.2 Å². The summed E-state index contributed by atoms with van der Waals surface area (Å²) < 4.78 is 5.67. The number of benzene rings is 2. The van der Waals surface area contributed by atoms with Gasteiger partial charge in [-0.1, -0.05) is 44.2 Å². The molecule has 0 fully saturated rings. The Morgan fingerprint density at radius 1 is 1.04 bits per heavy atom. The lowest BCUT2D eigenvalue weighted by Gasteiger charge is -2.16. The van der Waals surface area contributed by atoms with Crippen molar-refractivity contribution in [1.29, 1.82) is 0 Å². The van der Waals surface area contributed by atoms with Crippen LogP contribution in [0, 0.1) is 5.92 Å². The molecule has 0 saturated heterocycles. The number of ether oxygens (including phenoxy) is 1. The van der Waals surface area contributed by atoms with Crippen molar-refractivity contribution in [3.8, 4) is 5.75 Å². The van der Waals surface area contributed by atoms with Crippen molar-refractivity contribution in [2.24, 2.45) is 5.92 Å². The number of nitrogens with one attached hydrogen (secondary N) is 3. The maximum absolute atomic E-state index is 12.1. The number of hydrazine groups is 1. The fourth-order valence-corrected chi connectivity index (χ4v) is 2.46. The topological polar surface area (TPSA) is 79.5 Å². The Morgan fingerprint density at radius 2 is 1.73 bits per heavy atom. The average molecular weight is 373 g/mol. The van der Waals surface area contributed by atoms with Gasteiger partial charge >= 0.3 is 0 Å². The summed E-state index contributed by atoms with van der Waals surface area (Å²) in [5, 5.41) is 4.68. The SMILES string of the molecule is CC(C)CC(=O)NC(=S)NNC(=O)[C@H](C)Oc1ccc2ccccc2c1. The molecule has 0 aliphatic rings. The molecule has 2 amide bonds. The monoisotopic (exact) mass is 373 g/mol. The number of carbonyl (C=O) groups excluding carboxylic acids is 2. The molecule has 0 bridgehead atoms. The van der Waals surface area contributed by atoms with Crippen LogP contribution in [0.3, 0.4) is 0 Å². The van der Waals surface area contributed by atoms with Crippen LogP contribution in [0.15, 0.2) is 42.5 Å². The van der Waals surface area contributed by atoms with E-state index < -0.39 is 12.0 Å². The first-order valence-electron chi connectivity index (χ1n) is 8.40. The number of fused-ring (bicyclic) bond motifs is 1. The highest BCUT2D eigenvalue weighted by Crippen LogP contribution is 2.21. The number of hydrogen-bond acceptors (Lipinski definition) is 4. The zero-order valence-electron chi connectivity index (χ0n) is 15.0. The van der Waals surface area contributed by atoms with E-state index in [1.165, 1.54) is 0 Å². The van der Waals surface area contributed by atoms with E-state index in [4.69, 9.17) is 17.0 Å². The number of rotatable bonds is 5. The molecule has 0 heterocycles. The first-order chi connectivity index (χ1) is 12.3. The van der Waals surface area contributed by atoms with Crippen LogP contribution in [0.4, 0.5) is 0 Å². The summed E-state index contributed by atoms with van der Waals surface area (Å²) in [4.78, 5) is 23.7. The van der Waals surface area contributed by atoms with Crippen LogP contribution in [-0.4, -0.2) is 23.0 Å². The van der Waals surface area contributed by atoms with Gasteiger partial charge in [-0.3, -0.25) is 20.4 Å². The summed E-state index contributed by atoms with van der Waals surface area (Å²) in [6.45, 7) is 5.50. The maximum atomic E-state index is 12.1. The molecular weight excluding hydrogens is 350 g/mol. The Morgan fingerprint density at radius 3 is 2.42 bits per heavy atom. The highest BCUT2D eigenvalue weighted by molar-refractivity contribution is 7.80. The van der Waals surface area contributed by atoms with Gasteiger partial charge in [0.1, 0.15) is 5.75 Å². The van der Waals surface area contributed by atoms with E-state index in [0.717, 1.165) is 10.8 Å². The summed E-state index contributed by atoms with van der Waals surface area (Å²) in [6, 6.07) is 13.5. The molecule has 0 aromatic heterocycles. The highest BCUT2D eigenvalue weighted by Gasteiger charge is 2.15. The quantitative estimate of drug-likeness (QED) is 0.555. The van der Waals surface area contributed by atoms with Gasteiger partial charge in [0.15, 0.2) is 11.2 Å². The van der Waals surface area contributed by atoms with Crippen molar-refractivity contribution >= 4 is 39.9 Å². The Labute approximate surface area is 158 Å². The molecule has 1 atom stereocenters. The molecule has 0 aliphatic heterocycles. The first kappa shape index (κ1) is 19.7. The summed E-state index contributed by atoms with van der Waals surface area (Å²) >= 11 is 4.97. The van der Waals surface area contributed by atoms with Gasteiger partial charge in [-0.15, -0.1) is 0 Å². The smallest absolute Gasteiger partial charge is 0.279 e. The molecule has 0 unspecified atom stereocenters. The minimum Gasteiger partial charge on any atom is -0.481 e. The molecule has 7 heteroatoms. The minimum atomic E-state index is -0.738. The van der Waals surface area contributed by atoms with Crippen LogP contribution in [0.25, 0.3) is 10.8 Å². The van der Waals surface area contributed by atoms with Gasteiger partial charge in [-0.2, -0.15) is 0 Å². The predicted molar refractivity (Wildman–Crippen MR) is 106 cm³/mol. The molecule has 2 aromatic carbocycles. The second kappa shape index (κ2) is 9.15. The minimum absolute atomic E-state index is 0.0434. The summed E-state index contributed by atoms with van der Waals surface area (Å²) in [6.07, 6.45) is -0.380. The van der Waals surface area contributed by atoms with Crippen LogP contribution in [0.5, 0.6) is 5.75 Å². The van der Waals surface area contributed by atoms with Crippen molar-refractivity contribution in [1.82, 2.24) is 16.2 Å². The molecule has 138 valence electrons. The largest absolute Gasteiger partial charge is 0.481 e. The fourth-order valence-electron chi connectivity index (χ4n) is 2.30. The molecule has 2 aromatic rings. The molecule has 26 heavy (non-hydrogen) atoms. The third-order valence-corrected chi connectivity index (χ3v) is 3.75. The molecule has 0 spiro atoms. The van der Waals surface area contributed by atoms with Crippen molar-refractivity contribution in [3.05, 3.63) is 42.5 Å². The standard InChI is InChI=1S/C19H23N3O3S/c1-12(2)10-17(23)20-19(26)22-21-18(24)13(3)25-16-9-8-14-6-4-5-7-15(14)11-16/h4-9,11-13H,10H2,1-3H3,(H,21,24)(H2,20,22,23,26)/t13-/m0/s1. The fraction of sp³-hybridized carbons (Fsp3) is 0.316. The molecule has 0 aliphatic carbocycles. The Bertz CT molecular complexity index is 807. The maximum Gasteiger partial charge on any atom is 0.279 e. The summed E-state index contributed by atoms with van der Waals surface area (Å²) in [5.74, 6) is 0.216. The van der Waals surface area contributed by atoms with Crippen LogP contribution >= 0.6 is 12.2 Å². The number of hydrogen-bond donors (Lipinski definition) is 3. The Kier molecular flexibility index (Phi) is 6.91. The summed E-state index contributed by atoms with van der Waals surface area (Å²) in [5.41, 5.74) is 4.93. The lowest BCUT2D eigenvalue weighted by molar-refractivity contribution is -0.128. The average Bonchev–Trinajstić information content (AvgIpc) is 2.58. The third kappa shape index (κ3) is 6.00. The number of carbonyl (C=O) groups is 2. The van der Waals surface area contributed by atoms with Crippen LogP contribution in [-0.2, 0) is 9.59 Å². The van der Waals surface area contributed by atoms with Crippen molar-refractivity contribution < 1.29 is 14.3 Å². The molecular formula is C19H23N3O3S. The molecule has 3 N–H and O–H groups in total. The zero-order valence-corrected chi connectivity index (χ0v) is 15.9. The molecule has 6 nitrogen and oxygen atoms in total. The van der Waals surface area contributed by atoms with Gasteiger partial charge in [0.25, 0.3) is 5.91 Å². The van der Waals surface area contributed by atoms with Crippen molar-refractivity contribution in [2.45, 2.75) is 33.3 Å². The second-order valence-corrected chi connectivity index (χ2v) is 6.77. The van der Waals surface area contributed by atoms with Gasteiger partial charge in [0.05, 0.1) is 0 Å². The van der Waals surface area contributed by atoms with E-state index in [0.29, 0.717) is 12.2 Å². The molecule has 2 rings (SSSR count). The van der Waals surface area contributed by atoms with Crippen molar-refractivity contribution in [3.63, 3.8) is 0 Å². The van der Waals surface area contributed by atoms with Gasteiger partial charge in [-0.25, -0.2) is 0 Å². The van der Waals surface area contributed by atoms with E-state index in [9.17, 15) is 9.59 Å². The second-order valence-electron chi connectivity index (χ2n) is 6.36. The zero-order chi connectivity index (χ0) is 19.1. The molecule has 0 radical (unpaired) electrons. The predicted octanol–water partition coefficient (Wildman–Crippen LogP) is 2.68. The lowest BCUT2D eigenvalue weighted by atomic mass is 10.1. The van der Waals surface area contributed by atoms with Gasteiger partial charge in [0.2, 0.25) is 5.91 Å².